The van der Waals surface area contributed by atoms with Gasteiger partial charge >= 0.3 is 0 Å². The SMILES string of the molecule is CCN(C)[C@H](C(=O)N1CCN(C(=O)C2CCC2)CC1)c1ccccc1. The van der Waals surface area contributed by atoms with Crippen molar-refractivity contribution in [1.29, 1.82) is 0 Å². The summed E-state index contributed by atoms with van der Waals surface area (Å²) in [6, 6.07) is 9.72. The van der Waals surface area contributed by atoms with E-state index in [1.807, 2.05) is 47.2 Å². The topological polar surface area (TPSA) is 43.9 Å². The quantitative estimate of drug-likeness (QED) is 0.823. The minimum atomic E-state index is -0.250. The minimum absolute atomic E-state index is 0.145. The molecule has 0 unspecified atom stereocenters. The van der Waals surface area contributed by atoms with Crippen molar-refractivity contribution >= 4 is 11.8 Å². The van der Waals surface area contributed by atoms with Crippen LogP contribution in [0.1, 0.15) is 37.8 Å². The van der Waals surface area contributed by atoms with Crippen molar-refractivity contribution in [2.75, 3.05) is 39.8 Å². The van der Waals surface area contributed by atoms with Crippen LogP contribution >= 0.6 is 0 Å². The number of benzene rings is 1. The average Bonchev–Trinajstić information content (AvgIpc) is 2.61. The van der Waals surface area contributed by atoms with E-state index in [9.17, 15) is 9.59 Å². The molecular weight excluding hydrogens is 314 g/mol. The Morgan fingerprint density at radius 3 is 2.20 bits per heavy atom. The molecule has 1 aromatic carbocycles. The van der Waals surface area contributed by atoms with Crippen LogP contribution in [0.25, 0.3) is 0 Å². The van der Waals surface area contributed by atoms with Gasteiger partial charge in [-0.1, -0.05) is 43.7 Å². The molecule has 1 aromatic rings. The van der Waals surface area contributed by atoms with Gasteiger partial charge in [0.05, 0.1) is 0 Å². The molecule has 2 aliphatic rings. The van der Waals surface area contributed by atoms with E-state index in [1.54, 1.807) is 0 Å². The third-order valence-electron chi connectivity index (χ3n) is 5.65. The van der Waals surface area contributed by atoms with Gasteiger partial charge in [-0.2, -0.15) is 0 Å². The third kappa shape index (κ3) is 3.87. The molecule has 2 amide bonds. The summed E-state index contributed by atoms with van der Waals surface area (Å²) in [5.41, 5.74) is 1.03. The number of carbonyl (C=O) groups excluding carboxylic acids is 2. The lowest BCUT2D eigenvalue weighted by Crippen LogP contribution is -2.54. The second kappa shape index (κ2) is 8.00. The number of piperazine rings is 1. The molecule has 5 nitrogen and oxygen atoms in total. The number of hydrogen-bond acceptors (Lipinski definition) is 3. The summed E-state index contributed by atoms with van der Waals surface area (Å²) in [7, 11) is 1.99. The van der Waals surface area contributed by atoms with Crippen LogP contribution in [0.5, 0.6) is 0 Å². The van der Waals surface area contributed by atoms with Crippen molar-refractivity contribution in [3.63, 3.8) is 0 Å². The second-order valence-electron chi connectivity index (χ2n) is 7.16. The van der Waals surface area contributed by atoms with Crippen LogP contribution in [0.15, 0.2) is 30.3 Å². The Morgan fingerprint density at radius 1 is 1.08 bits per heavy atom. The van der Waals surface area contributed by atoms with Gasteiger partial charge in [0.15, 0.2) is 0 Å². The summed E-state index contributed by atoms with van der Waals surface area (Å²) in [5.74, 6) is 0.681. The first-order valence-electron chi connectivity index (χ1n) is 9.44. The Morgan fingerprint density at radius 2 is 1.68 bits per heavy atom. The van der Waals surface area contributed by atoms with E-state index in [0.29, 0.717) is 32.1 Å². The first-order valence-corrected chi connectivity index (χ1v) is 9.44. The standard InChI is InChI=1S/C20H29N3O2/c1-3-21(2)18(16-8-5-4-6-9-16)20(25)23-14-12-22(13-15-23)19(24)17-10-7-11-17/h4-6,8-9,17-18H,3,7,10-15H2,1-2H3/t18-/m0/s1. The van der Waals surface area contributed by atoms with Gasteiger partial charge in [0.25, 0.3) is 0 Å². The largest absolute Gasteiger partial charge is 0.339 e. The summed E-state index contributed by atoms with van der Waals surface area (Å²) < 4.78 is 0. The van der Waals surface area contributed by atoms with Gasteiger partial charge in [-0.25, -0.2) is 0 Å². The molecule has 1 saturated carbocycles. The molecule has 1 aliphatic heterocycles. The Hall–Kier alpha value is -1.88. The summed E-state index contributed by atoms with van der Waals surface area (Å²) in [6.07, 6.45) is 3.25. The minimum Gasteiger partial charge on any atom is -0.339 e. The average molecular weight is 343 g/mol. The van der Waals surface area contributed by atoms with E-state index in [1.165, 1.54) is 6.42 Å². The fourth-order valence-electron chi connectivity index (χ4n) is 3.64. The number of carbonyl (C=O) groups is 2. The molecule has 0 bridgehead atoms. The van der Waals surface area contributed by atoms with E-state index < -0.39 is 0 Å². The maximum atomic E-state index is 13.2. The highest BCUT2D eigenvalue weighted by molar-refractivity contribution is 5.84. The van der Waals surface area contributed by atoms with Gasteiger partial charge in [0, 0.05) is 32.1 Å². The van der Waals surface area contributed by atoms with E-state index in [0.717, 1.165) is 24.9 Å². The molecule has 1 aliphatic carbocycles. The highest BCUT2D eigenvalue weighted by atomic mass is 16.2. The molecule has 136 valence electrons. The van der Waals surface area contributed by atoms with Crippen molar-refractivity contribution < 1.29 is 9.59 Å². The molecule has 1 atom stereocenters. The molecule has 25 heavy (non-hydrogen) atoms. The van der Waals surface area contributed by atoms with Crippen LogP contribution in [-0.4, -0.2) is 66.3 Å². The molecule has 0 aromatic heterocycles. The van der Waals surface area contributed by atoms with Crippen molar-refractivity contribution in [3.05, 3.63) is 35.9 Å². The molecule has 1 saturated heterocycles. The monoisotopic (exact) mass is 343 g/mol. The summed E-state index contributed by atoms with van der Waals surface area (Å²) in [5, 5.41) is 0. The number of nitrogens with zero attached hydrogens (tertiary/aromatic N) is 3. The zero-order chi connectivity index (χ0) is 17.8. The summed E-state index contributed by atoms with van der Waals surface area (Å²) in [6.45, 7) is 5.48. The predicted octanol–water partition coefficient (Wildman–Crippen LogP) is 2.15. The van der Waals surface area contributed by atoms with Crippen molar-refractivity contribution in [2.45, 2.75) is 32.2 Å². The van der Waals surface area contributed by atoms with Crippen molar-refractivity contribution in [3.8, 4) is 0 Å². The molecule has 0 N–H and O–H groups in total. The maximum absolute atomic E-state index is 13.2. The van der Waals surface area contributed by atoms with Gasteiger partial charge in [-0.15, -0.1) is 0 Å². The highest BCUT2D eigenvalue weighted by Crippen LogP contribution is 2.29. The lowest BCUT2D eigenvalue weighted by Gasteiger charge is -2.40. The van der Waals surface area contributed by atoms with Crippen LogP contribution in [-0.2, 0) is 9.59 Å². The summed E-state index contributed by atoms with van der Waals surface area (Å²) >= 11 is 0. The van der Waals surface area contributed by atoms with Crippen LogP contribution in [0.4, 0.5) is 0 Å². The molecular formula is C20H29N3O2. The van der Waals surface area contributed by atoms with Crippen molar-refractivity contribution in [2.24, 2.45) is 5.92 Å². The number of amides is 2. The summed E-state index contributed by atoms with van der Waals surface area (Å²) in [4.78, 5) is 31.5. The van der Waals surface area contributed by atoms with Crippen LogP contribution in [0.2, 0.25) is 0 Å². The Balaban J connectivity index is 1.64. The molecule has 3 rings (SSSR count). The van der Waals surface area contributed by atoms with E-state index in [-0.39, 0.29) is 17.9 Å². The number of rotatable bonds is 5. The normalized spacial score (nSPS) is 19.6. The van der Waals surface area contributed by atoms with E-state index in [2.05, 4.69) is 11.8 Å². The smallest absolute Gasteiger partial charge is 0.244 e. The fraction of sp³-hybridized carbons (Fsp3) is 0.600. The van der Waals surface area contributed by atoms with Crippen LogP contribution < -0.4 is 0 Å². The van der Waals surface area contributed by atoms with Crippen LogP contribution in [0, 0.1) is 5.92 Å². The molecule has 0 radical (unpaired) electrons. The first-order chi connectivity index (χ1) is 12.1. The molecule has 1 heterocycles. The molecule has 5 heteroatoms. The van der Waals surface area contributed by atoms with Gasteiger partial charge in [-0.05, 0) is 32.0 Å². The molecule has 0 spiro atoms. The van der Waals surface area contributed by atoms with Gasteiger partial charge in [-0.3, -0.25) is 14.5 Å². The van der Waals surface area contributed by atoms with Gasteiger partial charge in [0.2, 0.25) is 11.8 Å². The zero-order valence-corrected chi connectivity index (χ0v) is 15.4. The predicted molar refractivity (Wildman–Crippen MR) is 98.0 cm³/mol. The lowest BCUT2D eigenvalue weighted by molar-refractivity contribution is -0.146. The van der Waals surface area contributed by atoms with Gasteiger partial charge in [0.1, 0.15) is 6.04 Å². The molecule has 2 fully saturated rings. The maximum Gasteiger partial charge on any atom is 0.244 e. The Labute approximate surface area is 150 Å². The number of hydrogen-bond donors (Lipinski definition) is 0. The number of likely N-dealkylation sites (N-methyl/N-ethyl adjacent to an activating group) is 1. The third-order valence-corrected chi connectivity index (χ3v) is 5.65. The zero-order valence-electron chi connectivity index (χ0n) is 15.4. The lowest BCUT2D eigenvalue weighted by atomic mass is 9.84. The van der Waals surface area contributed by atoms with E-state index in [4.69, 9.17) is 0 Å². The Kier molecular flexibility index (Phi) is 5.74. The Bertz CT molecular complexity index is 592. The van der Waals surface area contributed by atoms with Gasteiger partial charge < -0.3 is 9.80 Å². The highest BCUT2D eigenvalue weighted by Gasteiger charge is 2.34. The second-order valence-corrected chi connectivity index (χ2v) is 7.16. The van der Waals surface area contributed by atoms with Crippen LogP contribution in [0.3, 0.4) is 0 Å². The van der Waals surface area contributed by atoms with E-state index >= 15 is 0 Å². The fourth-order valence-corrected chi connectivity index (χ4v) is 3.64. The van der Waals surface area contributed by atoms with Crippen molar-refractivity contribution in [1.82, 2.24) is 14.7 Å². The first kappa shape index (κ1) is 17.9.